The lowest BCUT2D eigenvalue weighted by Crippen LogP contribution is -2.42. The van der Waals surface area contributed by atoms with Crippen molar-refractivity contribution in [3.8, 4) is 0 Å². The number of hydrogen-bond donors (Lipinski definition) is 1. The number of nitrogens with zero attached hydrogens (tertiary/aromatic N) is 1. The Morgan fingerprint density at radius 1 is 0.875 bits per heavy atom. The van der Waals surface area contributed by atoms with Gasteiger partial charge in [-0.05, 0) is 0 Å². The summed E-state index contributed by atoms with van der Waals surface area (Å²) in [5, 5.41) is 0. The molecule has 1 fully saturated rings. The van der Waals surface area contributed by atoms with Crippen molar-refractivity contribution in [2.24, 2.45) is 0 Å². The van der Waals surface area contributed by atoms with Gasteiger partial charge in [-0.3, -0.25) is 0 Å². The van der Waals surface area contributed by atoms with E-state index in [4.69, 9.17) is 18.9 Å². The monoisotopic (exact) mass is 251 g/mol. The molecule has 0 N–H and O–H groups in total. The van der Waals surface area contributed by atoms with E-state index in [0.29, 0.717) is 0 Å². The first-order valence-electron chi connectivity index (χ1n) is 5.22. The zero-order valence-electron chi connectivity index (χ0n) is 10.3. The van der Waals surface area contributed by atoms with Crippen LogP contribution in [0.25, 0.3) is 0 Å². The molecule has 6 heteroatoms. The number of thiol groups is 1. The van der Waals surface area contributed by atoms with E-state index in [9.17, 15) is 0 Å². The van der Waals surface area contributed by atoms with Crippen LogP contribution in [0.3, 0.4) is 0 Å². The summed E-state index contributed by atoms with van der Waals surface area (Å²) in [6.45, 7) is 0.764. The van der Waals surface area contributed by atoms with Crippen LogP contribution in [0.5, 0.6) is 0 Å². The molecule has 0 amide bonds. The quantitative estimate of drug-likeness (QED) is 0.683. The summed E-state index contributed by atoms with van der Waals surface area (Å²) in [5.74, 6) is 0.729. The first kappa shape index (κ1) is 14.2. The molecule has 1 rings (SSSR count). The lowest BCUT2D eigenvalue weighted by molar-refractivity contribution is -0.111. The van der Waals surface area contributed by atoms with Gasteiger partial charge in [0.05, 0.1) is 0 Å². The first-order chi connectivity index (χ1) is 7.74. The molecule has 0 radical (unpaired) electrons. The van der Waals surface area contributed by atoms with E-state index in [1.165, 1.54) is 0 Å². The summed E-state index contributed by atoms with van der Waals surface area (Å²) in [5.41, 5.74) is 0. The Balaban J connectivity index is 2.86. The van der Waals surface area contributed by atoms with E-state index in [2.05, 4.69) is 17.5 Å². The number of ether oxygens (including phenoxy) is 4. The molecule has 16 heavy (non-hydrogen) atoms. The Bertz CT molecular complexity index is 189. The molecule has 0 aromatic carbocycles. The van der Waals surface area contributed by atoms with Crippen molar-refractivity contribution in [1.29, 1.82) is 0 Å². The molecule has 0 spiro atoms. The summed E-state index contributed by atoms with van der Waals surface area (Å²) in [6, 6.07) is 0. The van der Waals surface area contributed by atoms with Crippen LogP contribution >= 0.6 is 12.6 Å². The molecule has 0 unspecified atom stereocenters. The Kier molecular flexibility index (Phi) is 6.02. The van der Waals surface area contributed by atoms with E-state index in [1.807, 2.05) is 0 Å². The fraction of sp³-hybridized carbons (Fsp3) is 1.00. The maximum Gasteiger partial charge on any atom is 0.141 e. The van der Waals surface area contributed by atoms with Crippen LogP contribution < -0.4 is 0 Å². The van der Waals surface area contributed by atoms with Gasteiger partial charge < -0.3 is 18.9 Å². The summed E-state index contributed by atoms with van der Waals surface area (Å²) < 4.78 is 21.8. The molecule has 0 aliphatic carbocycles. The van der Waals surface area contributed by atoms with Crippen molar-refractivity contribution in [3.63, 3.8) is 0 Å². The van der Waals surface area contributed by atoms with Gasteiger partial charge in [0.15, 0.2) is 0 Å². The second kappa shape index (κ2) is 6.78. The van der Waals surface area contributed by atoms with Crippen LogP contribution in [0, 0.1) is 0 Å². The fourth-order valence-electron chi connectivity index (χ4n) is 2.26. The highest BCUT2D eigenvalue weighted by molar-refractivity contribution is 7.80. The van der Waals surface area contributed by atoms with Crippen molar-refractivity contribution < 1.29 is 18.9 Å². The predicted molar refractivity (Wildman–Crippen MR) is 63.7 cm³/mol. The normalized spacial score (nSPS) is 35.8. The van der Waals surface area contributed by atoms with Crippen molar-refractivity contribution in [3.05, 3.63) is 0 Å². The SMILES string of the molecule is CO[C@H]1[C@H](OC)[C@H](OC)N(CCS)[C@H]1OC. The van der Waals surface area contributed by atoms with Gasteiger partial charge in [-0.25, -0.2) is 4.90 Å². The van der Waals surface area contributed by atoms with Gasteiger partial charge in [0, 0.05) is 40.7 Å². The Labute approximate surface area is 102 Å². The minimum atomic E-state index is -0.160. The van der Waals surface area contributed by atoms with Crippen molar-refractivity contribution in [2.75, 3.05) is 40.7 Å². The fourth-order valence-corrected chi connectivity index (χ4v) is 2.49. The standard InChI is InChI=1S/C10H21NO4S/c1-12-7-8(13-2)10(15-4)11(5-6-16)9(7)14-3/h7-10,16H,5-6H2,1-4H3/t7-,8-,9-,10-/m0/s1. The van der Waals surface area contributed by atoms with Gasteiger partial charge in [-0.1, -0.05) is 0 Å². The van der Waals surface area contributed by atoms with E-state index >= 15 is 0 Å². The maximum absolute atomic E-state index is 5.45. The second-order valence-electron chi connectivity index (χ2n) is 3.61. The highest BCUT2D eigenvalue weighted by atomic mass is 32.1. The zero-order chi connectivity index (χ0) is 12.1. The molecule has 1 saturated heterocycles. The third-order valence-electron chi connectivity index (χ3n) is 2.93. The average molecular weight is 251 g/mol. The Morgan fingerprint density at radius 2 is 1.31 bits per heavy atom. The smallest absolute Gasteiger partial charge is 0.141 e. The molecule has 0 bridgehead atoms. The van der Waals surface area contributed by atoms with Gasteiger partial charge in [-0.2, -0.15) is 12.6 Å². The molecule has 0 aromatic rings. The maximum atomic E-state index is 5.45. The zero-order valence-corrected chi connectivity index (χ0v) is 11.1. The van der Waals surface area contributed by atoms with Gasteiger partial charge in [-0.15, -0.1) is 0 Å². The van der Waals surface area contributed by atoms with E-state index in [1.54, 1.807) is 28.4 Å². The van der Waals surface area contributed by atoms with Crippen LogP contribution in [-0.2, 0) is 18.9 Å². The van der Waals surface area contributed by atoms with Crippen LogP contribution in [0.2, 0.25) is 0 Å². The van der Waals surface area contributed by atoms with Crippen molar-refractivity contribution in [2.45, 2.75) is 24.7 Å². The second-order valence-corrected chi connectivity index (χ2v) is 4.06. The minimum Gasteiger partial charge on any atom is -0.374 e. The first-order valence-corrected chi connectivity index (χ1v) is 5.86. The highest BCUT2D eigenvalue weighted by Crippen LogP contribution is 2.29. The van der Waals surface area contributed by atoms with Crippen molar-refractivity contribution >= 4 is 12.6 Å². The molecule has 0 saturated carbocycles. The summed E-state index contributed by atoms with van der Waals surface area (Å²) in [7, 11) is 6.62. The van der Waals surface area contributed by atoms with E-state index in [0.717, 1.165) is 12.3 Å². The van der Waals surface area contributed by atoms with Crippen LogP contribution in [-0.4, -0.2) is 70.3 Å². The molecule has 1 aliphatic rings. The lowest BCUT2D eigenvalue weighted by Gasteiger charge is -2.28. The average Bonchev–Trinajstić information content (AvgIpc) is 2.61. The number of rotatable bonds is 6. The molecule has 1 aliphatic heterocycles. The summed E-state index contributed by atoms with van der Waals surface area (Å²) in [4.78, 5) is 2.06. The topological polar surface area (TPSA) is 40.2 Å². The Morgan fingerprint density at radius 3 is 1.56 bits per heavy atom. The van der Waals surface area contributed by atoms with Gasteiger partial charge in [0.2, 0.25) is 0 Å². The lowest BCUT2D eigenvalue weighted by atomic mass is 10.2. The summed E-state index contributed by atoms with van der Waals surface area (Å²) >= 11 is 4.24. The number of methoxy groups -OCH3 is 4. The molecule has 96 valence electrons. The number of hydrogen-bond acceptors (Lipinski definition) is 6. The summed E-state index contributed by atoms with van der Waals surface area (Å²) in [6.07, 6.45) is -0.626. The Hall–Kier alpha value is 0.150. The van der Waals surface area contributed by atoms with E-state index in [-0.39, 0.29) is 24.7 Å². The molecule has 0 aromatic heterocycles. The van der Waals surface area contributed by atoms with Crippen LogP contribution in [0.15, 0.2) is 0 Å². The molecule has 4 atom stereocenters. The molecular formula is C10H21NO4S. The van der Waals surface area contributed by atoms with Gasteiger partial charge in [0.1, 0.15) is 24.7 Å². The third kappa shape index (κ3) is 2.52. The third-order valence-corrected chi connectivity index (χ3v) is 3.13. The molecular weight excluding hydrogens is 230 g/mol. The molecule has 1 heterocycles. The predicted octanol–water partition coefficient (Wildman–Crippen LogP) is 0.207. The van der Waals surface area contributed by atoms with Crippen LogP contribution in [0.4, 0.5) is 0 Å². The minimum absolute atomic E-state index is 0.153. The van der Waals surface area contributed by atoms with Crippen molar-refractivity contribution in [1.82, 2.24) is 4.90 Å². The number of likely N-dealkylation sites (tertiary alicyclic amines) is 1. The van der Waals surface area contributed by atoms with Gasteiger partial charge in [0.25, 0.3) is 0 Å². The molecule has 5 nitrogen and oxygen atoms in total. The highest BCUT2D eigenvalue weighted by Gasteiger charge is 2.50. The van der Waals surface area contributed by atoms with Gasteiger partial charge >= 0.3 is 0 Å². The largest absolute Gasteiger partial charge is 0.374 e. The van der Waals surface area contributed by atoms with Crippen LogP contribution in [0.1, 0.15) is 0 Å². The van der Waals surface area contributed by atoms with E-state index < -0.39 is 0 Å².